The third-order valence-corrected chi connectivity index (χ3v) is 3.06. The molecular formula is C14H23N5O. The van der Waals surface area contributed by atoms with Crippen molar-refractivity contribution in [2.24, 2.45) is 5.92 Å². The highest BCUT2D eigenvalue weighted by Crippen LogP contribution is 2.19. The lowest BCUT2D eigenvalue weighted by Crippen LogP contribution is -2.28. The monoisotopic (exact) mass is 277 g/mol. The van der Waals surface area contributed by atoms with Crippen LogP contribution in [0.25, 0.3) is 11.0 Å². The van der Waals surface area contributed by atoms with Crippen molar-refractivity contribution >= 4 is 17.0 Å². The summed E-state index contributed by atoms with van der Waals surface area (Å²) in [7, 11) is 1.93. The number of hydrogen-bond donors (Lipinski definition) is 1. The summed E-state index contributed by atoms with van der Waals surface area (Å²) in [6.07, 6.45) is 1.58. The van der Waals surface area contributed by atoms with Gasteiger partial charge in [-0.1, -0.05) is 13.8 Å². The number of fused-ring (bicyclic) bond motifs is 1. The van der Waals surface area contributed by atoms with E-state index in [0.717, 1.165) is 6.54 Å². The number of hydrogen-bond acceptors (Lipinski definition) is 4. The predicted molar refractivity (Wildman–Crippen MR) is 81.3 cm³/mol. The maximum Gasteiger partial charge on any atom is 0.263 e. The fourth-order valence-electron chi connectivity index (χ4n) is 2.21. The lowest BCUT2D eigenvalue weighted by atomic mass is 10.1. The van der Waals surface area contributed by atoms with Gasteiger partial charge in [0.1, 0.15) is 5.39 Å². The summed E-state index contributed by atoms with van der Waals surface area (Å²) in [6, 6.07) is 0. The Morgan fingerprint density at radius 1 is 1.40 bits per heavy atom. The van der Waals surface area contributed by atoms with Crippen molar-refractivity contribution in [2.75, 3.05) is 18.5 Å². The Hall–Kier alpha value is -1.85. The second-order valence-corrected chi connectivity index (χ2v) is 6.63. The Bertz CT molecular complexity index is 662. The van der Waals surface area contributed by atoms with Crippen LogP contribution in [0.2, 0.25) is 0 Å². The zero-order valence-electron chi connectivity index (χ0n) is 13.1. The Labute approximate surface area is 118 Å². The molecule has 0 aliphatic carbocycles. The summed E-state index contributed by atoms with van der Waals surface area (Å²) in [5.41, 5.74) is 0.277. The van der Waals surface area contributed by atoms with E-state index >= 15 is 0 Å². The van der Waals surface area contributed by atoms with Crippen LogP contribution in [-0.4, -0.2) is 33.3 Å². The van der Waals surface area contributed by atoms with E-state index in [1.807, 2.05) is 32.7 Å². The van der Waals surface area contributed by atoms with Crippen molar-refractivity contribution in [1.29, 1.82) is 0 Å². The molecule has 2 rings (SSSR count). The molecule has 0 bridgehead atoms. The number of aromatic amines is 1. The van der Waals surface area contributed by atoms with Gasteiger partial charge in [-0.3, -0.25) is 9.78 Å². The van der Waals surface area contributed by atoms with Gasteiger partial charge in [0.2, 0.25) is 5.95 Å². The molecule has 2 heterocycles. The van der Waals surface area contributed by atoms with Crippen LogP contribution >= 0.6 is 0 Å². The van der Waals surface area contributed by atoms with Crippen LogP contribution in [0.4, 0.5) is 5.95 Å². The summed E-state index contributed by atoms with van der Waals surface area (Å²) in [5.74, 6) is 1.08. The summed E-state index contributed by atoms with van der Waals surface area (Å²) in [6.45, 7) is 11.2. The fourth-order valence-corrected chi connectivity index (χ4v) is 2.21. The van der Waals surface area contributed by atoms with Crippen LogP contribution in [0, 0.1) is 5.92 Å². The molecule has 0 amide bonds. The van der Waals surface area contributed by atoms with Crippen LogP contribution in [0.5, 0.6) is 0 Å². The molecule has 6 heteroatoms. The van der Waals surface area contributed by atoms with Crippen LogP contribution in [0.3, 0.4) is 0 Å². The highest BCUT2D eigenvalue weighted by atomic mass is 16.1. The molecule has 0 aliphatic heterocycles. The summed E-state index contributed by atoms with van der Waals surface area (Å²) < 4.78 is 1.80. The average Bonchev–Trinajstić information content (AvgIpc) is 2.71. The van der Waals surface area contributed by atoms with Gasteiger partial charge >= 0.3 is 0 Å². The number of aromatic nitrogens is 4. The number of nitrogens with one attached hydrogen (secondary N) is 1. The van der Waals surface area contributed by atoms with Crippen LogP contribution in [0.1, 0.15) is 34.6 Å². The van der Waals surface area contributed by atoms with Crippen LogP contribution in [-0.2, 0) is 5.54 Å². The first kappa shape index (κ1) is 14.6. The van der Waals surface area contributed by atoms with E-state index in [4.69, 9.17) is 0 Å². The molecule has 0 radical (unpaired) electrons. The lowest BCUT2D eigenvalue weighted by molar-refractivity contribution is 0.366. The zero-order valence-corrected chi connectivity index (χ0v) is 13.1. The number of rotatable bonds is 3. The van der Waals surface area contributed by atoms with Gasteiger partial charge in [0.15, 0.2) is 5.65 Å². The molecule has 0 saturated heterocycles. The largest absolute Gasteiger partial charge is 0.345 e. The van der Waals surface area contributed by atoms with Gasteiger partial charge in [-0.05, 0) is 26.7 Å². The third-order valence-electron chi connectivity index (χ3n) is 3.06. The smallest absolute Gasteiger partial charge is 0.263 e. The predicted octanol–water partition coefficient (Wildman–Crippen LogP) is 1.97. The molecule has 0 unspecified atom stereocenters. The fraction of sp³-hybridized carbons (Fsp3) is 0.643. The minimum atomic E-state index is -0.212. The van der Waals surface area contributed by atoms with E-state index in [-0.39, 0.29) is 11.1 Å². The van der Waals surface area contributed by atoms with Gasteiger partial charge in [-0.2, -0.15) is 10.1 Å². The molecule has 1 N–H and O–H groups in total. The third kappa shape index (κ3) is 2.69. The molecule has 0 aromatic carbocycles. The van der Waals surface area contributed by atoms with E-state index in [0.29, 0.717) is 22.9 Å². The molecule has 2 aromatic heterocycles. The van der Waals surface area contributed by atoms with Crippen molar-refractivity contribution in [3.63, 3.8) is 0 Å². The zero-order chi connectivity index (χ0) is 15.1. The normalized spacial score (nSPS) is 12.3. The van der Waals surface area contributed by atoms with E-state index in [9.17, 15) is 4.79 Å². The molecule has 20 heavy (non-hydrogen) atoms. The molecule has 0 atom stereocenters. The highest BCUT2D eigenvalue weighted by Gasteiger charge is 2.20. The van der Waals surface area contributed by atoms with E-state index < -0.39 is 0 Å². The van der Waals surface area contributed by atoms with Crippen LogP contribution in [0.15, 0.2) is 11.0 Å². The van der Waals surface area contributed by atoms with Crippen molar-refractivity contribution in [2.45, 2.75) is 40.2 Å². The first-order valence-corrected chi connectivity index (χ1v) is 6.90. The molecule has 110 valence electrons. The van der Waals surface area contributed by atoms with Gasteiger partial charge in [0.05, 0.1) is 11.7 Å². The van der Waals surface area contributed by atoms with Crippen LogP contribution < -0.4 is 10.5 Å². The Balaban J connectivity index is 2.57. The minimum absolute atomic E-state index is 0.142. The molecular weight excluding hydrogens is 254 g/mol. The molecule has 6 nitrogen and oxygen atoms in total. The Kier molecular flexibility index (Phi) is 3.58. The van der Waals surface area contributed by atoms with Crippen molar-refractivity contribution in [1.82, 2.24) is 19.7 Å². The molecule has 0 fully saturated rings. The first-order chi connectivity index (χ1) is 9.20. The average molecular weight is 277 g/mol. The molecule has 0 aliphatic rings. The molecule has 0 spiro atoms. The number of H-pyrrole nitrogens is 1. The first-order valence-electron chi connectivity index (χ1n) is 6.90. The maximum atomic E-state index is 12.2. The van der Waals surface area contributed by atoms with E-state index in [2.05, 4.69) is 28.9 Å². The number of nitrogens with zero attached hydrogens (tertiary/aromatic N) is 4. The van der Waals surface area contributed by atoms with Gasteiger partial charge in [-0.25, -0.2) is 4.68 Å². The van der Waals surface area contributed by atoms with E-state index in [1.54, 1.807) is 10.9 Å². The summed E-state index contributed by atoms with van der Waals surface area (Å²) >= 11 is 0. The Morgan fingerprint density at radius 3 is 2.60 bits per heavy atom. The Morgan fingerprint density at radius 2 is 2.05 bits per heavy atom. The van der Waals surface area contributed by atoms with E-state index in [1.165, 1.54) is 0 Å². The SMILES string of the molecule is CC(C)CN(C)c1nc2c(cnn2C(C)(C)C)c(=O)[nH]1. The van der Waals surface area contributed by atoms with Crippen molar-refractivity contribution < 1.29 is 0 Å². The van der Waals surface area contributed by atoms with Gasteiger partial charge in [0, 0.05) is 13.6 Å². The number of anilines is 1. The topological polar surface area (TPSA) is 66.8 Å². The summed E-state index contributed by atoms with van der Waals surface area (Å²) in [5, 5.41) is 4.83. The highest BCUT2D eigenvalue weighted by molar-refractivity contribution is 5.74. The quantitative estimate of drug-likeness (QED) is 0.931. The van der Waals surface area contributed by atoms with Gasteiger partial charge < -0.3 is 4.90 Å². The van der Waals surface area contributed by atoms with Gasteiger partial charge in [-0.15, -0.1) is 0 Å². The lowest BCUT2D eigenvalue weighted by Gasteiger charge is -2.22. The second kappa shape index (κ2) is 4.92. The van der Waals surface area contributed by atoms with Crippen molar-refractivity contribution in [3.8, 4) is 0 Å². The maximum absolute atomic E-state index is 12.2. The van der Waals surface area contributed by atoms with Crippen molar-refractivity contribution in [3.05, 3.63) is 16.6 Å². The second-order valence-electron chi connectivity index (χ2n) is 6.63. The summed E-state index contributed by atoms with van der Waals surface area (Å²) in [4.78, 5) is 21.5. The molecule has 0 saturated carbocycles. The minimum Gasteiger partial charge on any atom is -0.345 e. The standard InChI is InChI=1S/C14H23N5O/c1-9(2)8-18(6)13-16-11-10(12(20)17-13)7-15-19(11)14(3,4)5/h7,9H,8H2,1-6H3,(H,16,17,20). The molecule has 2 aromatic rings. The van der Waals surface area contributed by atoms with Gasteiger partial charge in [0.25, 0.3) is 5.56 Å².